The van der Waals surface area contributed by atoms with E-state index in [2.05, 4.69) is 11.8 Å². The fourth-order valence-electron chi connectivity index (χ4n) is 3.10. The first kappa shape index (κ1) is 26.0. The summed E-state index contributed by atoms with van der Waals surface area (Å²) in [5.41, 5.74) is 2.10. The highest BCUT2D eigenvalue weighted by molar-refractivity contribution is 7.99. The maximum Gasteiger partial charge on any atom is 0.416 e. The fraction of sp³-hybridized carbons (Fsp3) is 0.179. The molecule has 3 aromatic rings. The second-order valence-corrected chi connectivity index (χ2v) is 8.60. The molecule has 35 heavy (non-hydrogen) atoms. The summed E-state index contributed by atoms with van der Waals surface area (Å²) >= 11 is 1.54. The van der Waals surface area contributed by atoms with E-state index in [-0.39, 0.29) is 5.97 Å². The monoisotopic (exact) mass is 496 g/mol. The standard InChI is InChI=1S/C28H23F3O3S/c1-19-18-26(14-15-27(19)34-20(2)32)35-17-16-23(7-4-21-5-12-25(33-3)13-6-21)22-8-10-24(11-9-22)28(29,30)31/h5-6,8-16,18H,17H2,1-3H3. The summed E-state index contributed by atoms with van der Waals surface area (Å²) in [6.07, 6.45) is -2.51. The van der Waals surface area contributed by atoms with E-state index in [1.165, 1.54) is 30.8 Å². The number of hydrogen-bond acceptors (Lipinski definition) is 4. The Morgan fingerprint density at radius 1 is 1.03 bits per heavy atom. The predicted octanol–water partition coefficient (Wildman–Crippen LogP) is 7.18. The molecule has 0 radical (unpaired) electrons. The van der Waals surface area contributed by atoms with Crippen molar-refractivity contribution in [1.82, 2.24) is 0 Å². The Morgan fingerprint density at radius 3 is 2.29 bits per heavy atom. The summed E-state index contributed by atoms with van der Waals surface area (Å²) in [5.74, 6) is 7.54. The largest absolute Gasteiger partial charge is 0.497 e. The van der Waals surface area contributed by atoms with Crippen LogP contribution in [0, 0.1) is 18.8 Å². The molecule has 0 N–H and O–H groups in total. The Kier molecular flexibility index (Phi) is 8.67. The molecule has 3 aromatic carbocycles. The zero-order valence-electron chi connectivity index (χ0n) is 19.4. The first-order chi connectivity index (χ1) is 16.7. The molecule has 7 heteroatoms. The molecule has 0 fully saturated rings. The van der Waals surface area contributed by atoms with Crippen molar-refractivity contribution in [3.63, 3.8) is 0 Å². The molecular formula is C28H23F3O3S. The first-order valence-electron chi connectivity index (χ1n) is 10.6. The Labute approximate surface area is 207 Å². The third-order valence-electron chi connectivity index (χ3n) is 4.89. The third-order valence-corrected chi connectivity index (χ3v) is 5.81. The van der Waals surface area contributed by atoms with E-state index in [1.54, 1.807) is 25.3 Å². The number of benzene rings is 3. The quantitative estimate of drug-likeness (QED) is 0.157. The zero-order chi connectivity index (χ0) is 25.4. The number of halogens is 3. The molecule has 0 aliphatic rings. The molecule has 0 saturated heterocycles. The van der Waals surface area contributed by atoms with Crippen LogP contribution in [0.25, 0.3) is 5.57 Å². The van der Waals surface area contributed by atoms with Crippen molar-refractivity contribution >= 4 is 23.3 Å². The number of rotatable bonds is 6. The van der Waals surface area contributed by atoms with Crippen LogP contribution in [0.15, 0.2) is 77.7 Å². The van der Waals surface area contributed by atoms with Crippen LogP contribution in [-0.4, -0.2) is 18.8 Å². The number of ether oxygens (including phenoxy) is 2. The molecule has 0 aliphatic heterocycles. The third kappa shape index (κ3) is 7.69. The van der Waals surface area contributed by atoms with Gasteiger partial charge < -0.3 is 9.47 Å². The van der Waals surface area contributed by atoms with Gasteiger partial charge in [-0.25, -0.2) is 0 Å². The number of carbonyl (C=O) groups is 1. The summed E-state index contributed by atoms with van der Waals surface area (Å²) < 4.78 is 49.3. The van der Waals surface area contributed by atoms with Crippen LogP contribution in [0.3, 0.4) is 0 Å². The van der Waals surface area contributed by atoms with Gasteiger partial charge in [-0.2, -0.15) is 13.2 Å². The van der Waals surface area contributed by atoms with Crippen molar-refractivity contribution in [2.75, 3.05) is 12.9 Å². The second kappa shape index (κ2) is 11.7. The molecule has 0 unspecified atom stereocenters. The van der Waals surface area contributed by atoms with Crippen molar-refractivity contribution in [3.8, 4) is 23.3 Å². The summed E-state index contributed by atoms with van der Waals surface area (Å²) in [6, 6.07) is 17.7. The van der Waals surface area contributed by atoms with E-state index in [0.29, 0.717) is 28.4 Å². The lowest BCUT2D eigenvalue weighted by atomic mass is 10.0. The second-order valence-electron chi connectivity index (χ2n) is 7.50. The van der Waals surface area contributed by atoms with Gasteiger partial charge in [0.05, 0.1) is 12.7 Å². The number of carbonyl (C=O) groups excluding carboxylic acids is 1. The lowest BCUT2D eigenvalue weighted by molar-refractivity contribution is -0.137. The van der Waals surface area contributed by atoms with Gasteiger partial charge in [-0.1, -0.05) is 30.0 Å². The highest BCUT2D eigenvalue weighted by Gasteiger charge is 2.30. The SMILES string of the molecule is COc1ccc(C#CC(=CCSc2ccc(OC(C)=O)c(C)c2)c2ccc(C(F)(F)F)cc2)cc1. The van der Waals surface area contributed by atoms with Gasteiger partial charge in [-0.15, -0.1) is 11.8 Å². The van der Waals surface area contributed by atoms with Crippen molar-refractivity contribution in [2.45, 2.75) is 24.9 Å². The van der Waals surface area contributed by atoms with Crippen LogP contribution in [0.1, 0.15) is 29.2 Å². The molecule has 0 aromatic heterocycles. The average molecular weight is 497 g/mol. The minimum absolute atomic E-state index is 0.381. The fourth-order valence-corrected chi connectivity index (χ4v) is 3.96. The molecule has 3 nitrogen and oxygen atoms in total. The van der Waals surface area contributed by atoms with Gasteiger partial charge in [0.2, 0.25) is 0 Å². The van der Waals surface area contributed by atoms with Gasteiger partial charge in [-0.3, -0.25) is 4.79 Å². The average Bonchev–Trinajstić information content (AvgIpc) is 2.82. The van der Waals surface area contributed by atoms with E-state index in [0.717, 1.165) is 28.2 Å². The van der Waals surface area contributed by atoms with Crippen LogP contribution in [-0.2, 0) is 11.0 Å². The molecule has 3 rings (SSSR count). The van der Waals surface area contributed by atoms with Gasteiger partial charge in [0, 0.05) is 28.7 Å². The van der Waals surface area contributed by atoms with E-state index in [9.17, 15) is 18.0 Å². The number of alkyl halides is 3. The highest BCUT2D eigenvalue weighted by Crippen LogP contribution is 2.31. The predicted molar refractivity (Wildman–Crippen MR) is 133 cm³/mol. The van der Waals surface area contributed by atoms with E-state index < -0.39 is 11.7 Å². The van der Waals surface area contributed by atoms with Crippen LogP contribution >= 0.6 is 11.8 Å². The summed E-state index contributed by atoms with van der Waals surface area (Å²) in [5, 5.41) is 0. The van der Waals surface area contributed by atoms with E-state index in [1.807, 2.05) is 37.3 Å². The maximum absolute atomic E-state index is 13.0. The summed E-state index contributed by atoms with van der Waals surface area (Å²) in [4.78, 5) is 12.1. The number of hydrogen-bond donors (Lipinski definition) is 0. The number of methoxy groups -OCH3 is 1. The van der Waals surface area contributed by atoms with Crippen molar-refractivity contribution < 1.29 is 27.4 Å². The molecule has 0 saturated carbocycles. The van der Waals surface area contributed by atoms with Gasteiger partial charge in [0.15, 0.2) is 0 Å². The van der Waals surface area contributed by atoms with Crippen LogP contribution in [0.2, 0.25) is 0 Å². The minimum atomic E-state index is -4.40. The number of esters is 1. The highest BCUT2D eigenvalue weighted by atomic mass is 32.2. The maximum atomic E-state index is 13.0. The molecule has 0 spiro atoms. The van der Waals surface area contributed by atoms with Gasteiger partial charge >= 0.3 is 12.1 Å². The lowest BCUT2D eigenvalue weighted by Crippen LogP contribution is -2.04. The van der Waals surface area contributed by atoms with Gasteiger partial charge in [0.25, 0.3) is 0 Å². The van der Waals surface area contributed by atoms with E-state index >= 15 is 0 Å². The Balaban J connectivity index is 1.84. The van der Waals surface area contributed by atoms with Crippen molar-refractivity contribution in [3.05, 3.63) is 95.1 Å². The summed E-state index contributed by atoms with van der Waals surface area (Å²) in [7, 11) is 1.58. The molecule has 0 amide bonds. The normalized spacial score (nSPS) is 11.4. The summed E-state index contributed by atoms with van der Waals surface area (Å²) in [6.45, 7) is 3.20. The number of allylic oxidation sites excluding steroid dienone is 1. The first-order valence-corrected chi connectivity index (χ1v) is 11.6. The van der Waals surface area contributed by atoms with Crippen LogP contribution in [0.5, 0.6) is 11.5 Å². The minimum Gasteiger partial charge on any atom is -0.497 e. The lowest BCUT2D eigenvalue weighted by Gasteiger charge is -2.08. The van der Waals surface area contributed by atoms with Crippen molar-refractivity contribution in [2.24, 2.45) is 0 Å². The smallest absolute Gasteiger partial charge is 0.416 e. The molecule has 0 bridgehead atoms. The number of aryl methyl sites for hydroxylation is 1. The number of thioether (sulfide) groups is 1. The van der Waals surface area contributed by atoms with Crippen molar-refractivity contribution in [1.29, 1.82) is 0 Å². The van der Waals surface area contributed by atoms with Gasteiger partial charge in [-0.05, 0) is 72.6 Å². The van der Waals surface area contributed by atoms with Crippen LogP contribution in [0.4, 0.5) is 13.2 Å². The molecule has 180 valence electrons. The molecule has 0 atom stereocenters. The Morgan fingerprint density at radius 2 is 1.71 bits per heavy atom. The zero-order valence-corrected chi connectivity index (χ0v) is 20.2. The molecular weight excluding hydrogens is 473 g/mol. The van der Waals surface area contributed by atoms with Gasteiger partial charge in [0.1, 0.15) is 11.5 Å². The molecule has 0 heterocycles. The Bertz CT molecular complexity index is 1270. The topological polar surface area (TPSA) is 35.5 Å². The molecule has 0 aliphatic carbocycles. The van der Waals surface area contributed by atoms with E-state index in [4.69, 9.17) is 9.47 Å². The Hall–Kier alpha value is -3.63. The van der Waals surface area contributed by atoms with Crippen LogP contribution < -0.4 is 9.47 Å².